The van der Waals surface area contributed by atoms with Gasteiger partial charge >= 0.3 is 11.9 Å². The van der Waals surface area contributed by atoms with Gasteiger partial charge in [0.1, 0.15) is 6.61 Å². The predicted molar refractivity (Wildman–Crippen MR) is 298 cm³/mol. The molecule has 0 aliphatic carbocycles. The molecular weight excluding hydrogens is 837 g/mol. The molecule has 0 aliphatic heterocycles. The standard InChI is InChI=1S/C63H118O5/c1-4-7-10-13-16-19-22-25-28-30-31-32-34-37-40-43-46-49-52-55-58-66-59-61(68-63(65)57-54-51-48-45-42-39-35-27-24-21-18-15-12-9-6-3)60-67-62(64)56-53-50-47-44-41-38-36-33-29-26-23-20-17-14-11-8-5-2/h16,19,25-26,28-29,61H,4-15,17-18,20-24,27,30-60H2,1-3H3/b19-16-,28-25-,29-26-. The highest BCUT2D eigenvalue weighted by atomic mass is 16.6. The Bertz CT molecular complexity index is 1080. The van der Waals surface area contributed by atoms with Gasteiger partial charge in [0, 0.05) is 19.4 Å². The molecule has 400 valence electrons. The van der Waals surface area contributed by atoms with Crippen molar-refractivity contribution < 1.29 is 23.8 Å². The summed E-state index contributed by atoms with van der Waals surface area (Å²) in [4.78, 5) is 25.6. The predicted octanol–water partition coefficient (Wildman–Crippen LogP) is 20.9. The third-order valence-electron chi connectivity index (χ3n) is 13.6. The summed E-state index contributed by atoms with van der Waals surface area (Å²) < 4.78 is 17.5. The summed E-state index contributed by atoms with van der Waals surface area (Å²) in [6.45, 7) is 7.86. The molecule has 0 spiro atoms. The number of ether oxygens (including phenoxy) is 3. The lowest BCUT2D eigenvalue weighted by molar-refractivity contribution is -0.163. The minimum Gasteiger partial charge on any atom is -0.462 e. The van der Waals surface area contributed by atoms with E-state index >= 15 is 0 Å². The van der Waals surface area contributed by atoms with Crippen molar-refractivity contribution in [2.75, 3.05) is 19.8 Å². The van der Waals surface area contributed by atoms with Crippen LogP contribution in [0, 0.1) is 0 Å². The van der Waals surface area contributed by atoms with E-state index in [0.717, 1.165) is 44.9 Å². The number of hydrogen-bond donors (Lipinski definition) is 0. The number of unbranched alkanes of at least 4 members (excludes halogenated alkanes) is 40. The van der Waals surface area contributed by atoms with Crippen LogP contribution in [0.15, 0.2) is 36.5 Å². The maximum atomic E-state index is 12.9. The van der Waals surface area contributed by atoms with Gasteiger partial charge < -0.3 is 14.2 Å². The SMILES string of the molecule is CCCCC/C=C\C/C=C\CCCCCCCCCCCCOCC(COC(=O)CCCCCCCCC/C=C\CCCCCCCC)OC(=O)CCCCCCCCCCCCCCCCC. The normalized spacial score (nSPS) is 12.3. The van der Waals surface area contributed by atoms with Crippen LogP contribution in [0.25, 0.3) is 0 Å². The van der Waals surface area contributed by atoms with Gasteiger partial charge in [0.05, 0.1) is 6.61 Å². The van der Waals surface area contributed by atoms with Gasteiger partial charge in [-0.25, -0.2) is 0 Å². The third kappa shape index (κ3) is 56.7. The zero-order valence-electron chi connectivity index (χ0n) is 46.1. The van der Waals surface area contributed by atoms with Crippen LogP contribution >= 0.6 is 0 Å². The van der Waals surface area contributed by atoms with Gasteiger partial charge in [0.2, 0.25) is 0 Å². The fourth-order valence-electron chi connectivity index (χ4n) is 9.07. The van der Waals surface area contributed by atoms with Crippen LogP contribution in [0.2, 0.25) is 0 Å². The number of hydrogen-bond acceptors (Lipinski definition) is 5. The highest BCUT2D eigenvalue weighted by Crippen LogP contribution is 2.17. The molecule has 0 radical (unpaired) electrons. The minimum absolute atomic E-state index is 0.0877. The molecule has 0 saturated carbocycles. The first-order chi connectivity index (χ1) is 33.6. The Kier molecular flexibility index (Phi) is 57.8. The van der Waals surface area contributed by atoms with E-state index in [4.69, 9.17) is 14.2 Å². The molecular formula is C63H118O5. The molecule has 0 heterocycles. The first kappa shape index (κ1) is 66.1. The Morgan fingerprint density at radius 2 is 0.618 bits per heavy atom. The fourth-order valence-corrected chi connectivity index (χ4v) is 9.07. The van der Waals surface area contributed by atoms with Gasteiger partial charge in [0.15, 0.2) is 6.10 Å². The Labute approximate surface area is 425 Å². The first-order valence-electron chi connectivity index (χ1n) is 30.5. The number of rotatable bonds is 57. The summed E-state index contributed by atoms with van der Waals surface area (Å²) in [5, 5.41) is 0. The van der Waals surface area contributed by atoms with Crippen LogP contribution in [-0.4, -0.2) is 37.9 Å². The second kappa shape index (κ2) is 59.4. The van der Waals surface area contributed by atoms with Crippen molar-refractivity contribution in [1.82, 2.24) is 0 Å². The largest absolute Gasteiger partial charge is 0.462 e. The molecule has 0 bridgehead atoms. The molecule has 0 saturated heterocycles. The maximum Gasteiger partial charge on any atom is 0.306 e. The van der Waals surface area contributed by atoms with Crippen LogP contribution in [0.4, 0.5) is 0 Å². The summed E-state index contributed by atoms with van der Waals surface area (Å²) in [6.07, 6.45) is 73.1. The van der Waals surface area contributed by atoms with Crippen LogP contribution in [-0.2, 0) is 23.8 Å². The topological polar surface area (TPSA) is 61.8 Å². The van der Waals surface area contributed by atoms with Crippen molar-refractivity contribution in [3.63, 3.8) is 0 Å². The van der Waals surface area contributed by atoms with E-state index < -0.39 is 6.10 Å². The summed E-state index contributed by atoms with van der Waals surface area (Å²) in [6, 6.07) is 0. The van der Waals surface area contributed by atoms with E-state index in [1.807, 2.05) is 0 Å². The molecule has 68 heavy (non-hydrogen) atoms. The molecule has 0 aromatic rings. The Morgan fingerprint density at radius 1 is 0.324 bits per heavy atom. The molecule has 0 aromatic heterocycles. The van der Waals surface area contributed by atoms with Gasteiger partial charge in [0.25, 0.3) is 0 Å². The lowest BCUT2D eigenvalue weighted by Crippen LogP contribution is -2.30. The average Bonchev–Trinajstić information content (AvgIpc) is 3.34. The fraction of sp³-hybridized carbons (Fsp3) is 0.873. The van der Waals surface area contributed by atoms with Crippen molar-refractivity contribution in [2.24, 2.45) is 0 Å². The van der Waals surface area contributed by atoms with Gasteiger partial charge in [-0.3, -0.25) is 9.59 Å². The number of carbonyl (C=O) groups excluding carboxylic acids is 2. The van der Waals surface area contributed by atoms with Crippen molar-refractivity contribution in [3.8, 4) is 0 Å². The number of esters is 2. The summed E-state index contributed by atoms with van der Waals surface area (Å²) in [5.74, 6) is -0.382. The molecule has 5 heteroatoms. The van der Waals surface area contributed by atoms with E-state index in [-0.39, 0.29) is 18.5 Å². The number of allylic oxidation sites excluding steroid dienone is 6. The summed E-state index contributed by atoms with van der Waals surface area (Å²) >= 11 is 0. The zero-order chi connectivity index (χ0) is 49.2. The van der Waals surface area contributed by atoms with Gasteiger partial charge in [-0.15, -0.1) is 0 Å². The van der Waals surface area contributed by atoms with Crippen molar-refractivity contribution in [1.29, 1.82) is 0 Å². The Morgan fingerprint density at radius 3 is 1.01 bits per heavy atom. The summed E-state index contributed by atoms with van der Waals surface area (Å²) in [7, 11) is 0. The van der Waals surface area contributed by atoms with Crippen LogP contribution in [0.3, 0.4) is 0 Å². The molecule has 0 fully saturated rings. The smallest absolute Gasteiger partial charge is 0.306 e. The minimum atomic E-state index is -0.536. The second-order valence-corrected chi connectivity index (χ2v) is 20.6. The molecule has 0 aliphatic rings. The number of carbonyl (C=O) groups is 2. The molecule has 0 rings (SSSR count). The molecule has 0 amide bonds. The molecule has 0 aromatic carbocycles. The highest BCUT2D eigenvalue weighted by Gasteiger charge is 2.17. The Hall–Kier alpha value is -1.88. The molecule has 1 unspecified atom stereocenters. The maximum absolute atomic E-state index is 12.9. The molecule has 0 N–H and O–H groups in total. The van der Waals surface area contributed by atoms with E-state index in [2.05, 4.69) is 57.2 Å². The van der Waals surface area contributed by atoms with E-state index in [0.29, 0.717) is 26.1 Å². The third-order valence-corrected chi connectivity index (χ3v) is 13.6. The highest BCUT2D eigenvalue weighted by molar-refractivity contribution is 5.70. The van der Waals surface area contributed by atoms with Gasteiger partial charge in [-0.2, -0.15) is 0 Å². The quantitative estimate of drug-likeness (QED) is 0.0345. The Balaban J connectivity index is 4.23. The van der Waals surface area contributed by atoms with Crippen molar-refractivity contribution in [3.05, 3.63) is 36.5 Å². The van der Waals surface area contributed by atoms with E-state index in [1.54, 1.807) is 0 Å². The van der Waals surface area contributed by atoms with Crippen molar-refractivity contribution >= 4 is 11.9 Å². The van der Waals surface area contributed by atoms with Crippen LogP contribution in [0.1, 0.15) is 329 Å². The average molecular weight is 956 g/mol. The van der Waals surface area contributed by atoms with E-state index in [9.17, 15) is 9.59 Å². The van der Waals surface area contributed by atoms with Crippen molar-refractivity contribution in [2.45, 2.75) is 335 Å². The van der Waals surface area contributed by atoms with E-state index in [1.165, 1.54) is 250 Å². The molecule has 5 nitrogen and oxygen atoms in total. The lowest BCUT2D eigenvalue weighted by Gasteiger charge is -2.18. The van der Waals surface area contributed by atoms with Gasteiger partial charge in [-0.1, -0.05) is 276 Å². The zero-order valence-corrected chi connectivity index (χ0v) is 46.1. The monoisotopic (exact) mass is 955 g/mol. The van der Waals surface area contributed by atoms with Crippen LogP contribution in [0.5, 0.6) is 0 Å². The van der Waals surface area contributed by atoms with Gasteiger partial charge in [-0.05, 0) is 77.0 Å². The van der Waals surface area contributed by atoms with Crippen LogP contribution < -0.4 is 0 Å². The lowest BCUT2D eigenvalue weighted by atomic mass is 10.0. The molecule has 1 atom stereocenters. The first-order valence-corrected chi connectivity index (χ1v) is 30.5. The second-order valence-electron chi connectivity index (χ2n) is 20.6. The summed E-state index contributed by atoms with van der Waals surface area (Å²) in [5.41, 5.74) is 0.